The minimum atomic E-state index is -0.861. The molecule has 20 heavy (non-hydrogen) atoms. The van der Waals surface area contributed by atoms with E-state index in [2.05, 4.69) is 10.6 Å². The van der Waals surface area contributed by atoms with Gasteiger partial charge in [0, 0.05) is 13.0 Å². The third kappa shape index (κ3) is 5.59. The first kappa shape index (κ1) is 16.5. The van der Waals surface area contributed by atoms with Gasteiger partial charge < -0.3 is 15.7 Å². The molecular weight excluding hydrogens is 260 g/mol. The van der Waals surface area contributed by atoms with Gasteiger partial charge in [0.05, 0.1) is 13.0 Å². The molecule has 0 saturated heterocycles. The lowest BCUT2D eigenvalue weighted by Crippen LogP contribution is -2.39. The Morgan fingerprint density at radius 1 is 1.05 bits per heavy atom. The number of hydrogen-bond acceptors (Lipinski definition) is 3. The number of hydrogen-bond donors (Lipinski definition) is 3. The zero-order valence-corrected chi connectivity index (χ0v) is 12.0. The number of aliphatic carboxylic acids is 1. The minimum Gasteiger partial charge on any atom is -0.481 e. The first-order chi connectivity index (χ1) is 9.47. The summed E-state index contributed by atoms with van der Waals surface area (Å²) < 4.78 is 0. The van der Waals surface area contributed by atoms with Crippen LogP contribution in [0.3, 0.4) is 0 Å². The maximum atomic E-state index is 11.9. The lowest BCUT2D eigenvalue weighted by atomic mass is 9.79. The Bertz CT molecular complexity index is 362. The van der Waals surface area contributed by atoms with Crippen LogP contribution in [-0.2, 0) is 14.4 Å². The van der Waals surface area contributed by atoms with Gasteiger partial charge in [-0.1, -0.05) is 19.8 Å². The van der Waals surface area contributed by atoms with Crippen LogP contribution in [0.2, 0.25) is 0 Å². The predicted octanol–water partition coefficient (Wildman–Crippen LogP) is 1.05. The average molecular weight is 284 g/mol. The number of rotatable bonds is 8. The number of carbonyl (C=O) groups excluding carboxylic acids is 2. The number of amides is 2. The zero-order chi connectivity index (χ0) is 15.0. The summed E-state index contributed by atoms with van der Waals surface area (Å²) in [6.07, 6.45) is 4.56. The molecule has 0 aromatic heterocycles. The fourth-order valence-corrected chi connectivity index (χ4v) is 2.77. The van der Waals surface area contributed by atoms with Gasteiger partial charge in [-0.05, 0) is 24.7 Å². The highest BCUT2D eigenvalue weighted by molar-refractivity contribution is 5.85. The first-order valence-electron chi connectivity index (χ1n) is 7.23. The fourth-order valence-electron chi connectivity index (χ4n) is 2.77. The Hall–Kier alpha value is -1.59. The molecule has 1 fully saturated rings. The van der Waals surface area contributed by atoms with Crippen LogP contribution in [0.5, 0.6) is 0 Å². The van der Waals surface area contributed by atoms with Gasteiger partial charge >= 0.3 is 5.97 Å². The van der Waals surface area contributed by atoms with E-state index in [0.29, 0.717) is 6.54 Å². The Morgan fingerprint density at radius 2 is 1.70 bits per heavy atom. The number of carboxylic acids is 1. The smallest absolute Gasteiger partial charge is 0.303 e. The van der Waals surface area contributed by atoms with E-state index >= 15 is 0 Å². The van der Waals surface area contributed by atoms with Gasteiger partial charge in [0.1, 0.15) is 0 Å². The molecule has 0 aromatic rings. The molecule has 0 spiro atoms. The second-order valence-corrected chi connectivity index (χ2v) is 5.58. The lowest BCUT2D eigenvalue weighted by molar-refractivity contribution is -0.140. The molecule has 1 saturated carbocycles. The Morgan fingerprint density at radius 3 is 2.25 bits per heavy atom. The number of carbonyl (C=O) groups is 3. The van der Waals surface area contributed by atoms with E-state index in [9.17, 15) is 14.4 Å². The summed E-state index contributed by atoms with van der Waals surface area (Å²) in [5.41, 5.74) is -0.421. The van der Waals surface area contributed by atoms with Crippen molar-refractivity contribution in [2.75, 3.05) is 13.1 Å². The van der Waals surface area contributed by atoms with Crippen LogP contribution in [0.25, 0.3) is 0 Å². The highest BCUT2D eigenvalue weighted by atomic mass is 16.4. The van der Waals surface area contributed by atoms with E-state index in [1.54, 1.807) is 0 Å². The van der Waals surface area contributed by atoms with Crippen molar-refractivity contribution in [1.82, 2.24) is 10.6 Å². The van der Waals surface area contributed by atoms with Crippen LogP contribution >= 0.6 is 0 Å². The molecule has 0 radical (unpaired) electrons. The Balaban J connectivity index is 2.39. The molecule has 3 N–H and O–H groups in total. The minimum absolute atomic E-state index is 0.0302. The number of nitrogens with one attached hydrogen (secondary N) is 2. The Kier molecular flexibility index (Phi) is 6.48. The highest BCUT2D eigenvalue weighted by Gasteiger charge is 2.37. The third-order valence-corrected chi connectivity index (χ3v) is 3.74. The molecule has 0 aliphatic heterocycles. The van der Waals surface area contributed by atoms with E-state index in [4.69, 9.17) is 5.11 Å². The summed E-state index contributed by atoms with van der Waals surface area (Å²) in [4.78, 5) is 34.2. The van der Waals surface area contributed by atoms with Crippen LogP contribution in [0.1, 0.15) is 51.9 Å². The fraction of sp³-hybridized carbons (Fsp3) is 0.786. The quantitative estimate of drug-likeness (QED) is 0.621. The summed E-state index contributed by atoms with van der Waals surface area (Å²) >= 11 is 0. The van der Waals surface area contributed by atoms with Crippen molar-refractivity contribution in [1.29, 1.82) is 0 Å². The average Bonchev–Trinajstić information content (AvgIpc) is 2.81. The van der Waals surface area contributed by atoms with E-state index in [-0.39, 0.29) is 31.2 Å². The largest absolute Gasteiger partial charge is 0.481 e. The molecule has 0 bridgehead atoms. The molecular formula is C14H24N2O4. The summed E-state index contributed by atoms with van der Waals surface area (Å²) in [7, 11) is 0. The van der Waals surface area contributed by atoms with Crippen molar-refractivity contribution in [2.24, 2.45) is 5.41 Å². The predicted molar refractivity (Wildman–Crippen MR) is 74.1 cm³/mol. The van der Waals surface area contributed by atoms with Crippen LogP contribution in [-0.4, -0.2) is 36.0 Å². The molecule has 2 amide bonds. The van der Waals surface area contributed by atoms with Crippen molar-refractivity contribution in [3.05, 3.63) is 0 Å². The van der Waals surface area contributed by atoms with Crippen molar-refractivity contribution in [3.63, 3.8) is 0 Å². The molecule has 114 valence electrons. The van der Waals surface area contributed by atoms with E-state index in [0.717, 1.165) is 32.1 Å². The van der Waals surface area contributed by atoms with Gasteiger partial charge in [-0.25, -0.2) is 0 Å². The molecule has 6 heteroatoms. The standard InChI is InChI=1S/C14H24N2O4/c1-2-7-15-12(18)10-16-11(17)8-14(9-13(19)20)5-3-4-6-14/h2-10H2,1H3,(H,15,18)(H,16,17)(H,19,20). The third-order valence-electron chi connectivity index (χ3n) is 3.74. The van der Waals surface area contributed by atoms with Crippen molar-refractivity contribution >= 4 is 17.8 Å². The monoisotopic (exact) mass is 284 g/mol. The van der Waals surface area contributed by atoms with Gasteiger partial charge in [0.15, 0.2) is 0 Å². The Labute approximate surface area is 119 Å². The maximum Gasteiger partial charge on any atom is 0.303 e. The summed E-state index contributed by atoms with van der Waals surface area (Å²) in [5, 5.41) is 14.2. The van der Waals surface area contributed by atoms with Gasteiger partial charge in [-0.2, -0.15) is 0 Å². The molecule has 0 unspecified atom stereocenters. The molecule has 0 aromatic carbocycles. The molecule has 0 heterocycles. The van der Waals surface area contributed by atoms with Gasteiger partial charge in [0.25, 0.3) is 0 Å². The highest BCUT2D eigenvalue weighted by Crippen LogP contribution is 2.43. The SMILES string of the molecule is CCCNC(=O)CNC(=O)CC1(CC(=O)O)CCCC1. The zero-order valence-electron chi connectivity index (χ0n) is 12.0. The van der Waals surface area contributed by atoms with Crippen LogP contribution < -0.4 is 10.6 Å². The lowest BCUT2D eigenvalue weighted by Gasteiger charge is -2.26. The van der Waals surface area contributed by atoms with Gasteiger partial charge in [-0.15, -0.1) is 0 Å². The second kappa shape index (κ2) is 7.87. The van der Waals surface area contributed by atoms with Crippen LogP contribution in [0.15, 0.2) is 0 Å². The topological polar surface area (TPSA) is 95.5 Å². The normalized spacial score (nSPS) is 16.6. The van der Waals surface area contributed by atoms with Crippen LogP contribution in [0, 0.1) is 5.41 Å². The van der Waals surface area contributed by atoms with Gasteiger partial charge in [-0.3, -0.25) is 14.4 Å². The molecule has 1 aliphatic rings. The van der Waals surface area contributed by atoms with E-state index < -0.39 is 11.4 Å². The number of carboxylic acid groups (broad SMARTS) is 1. The van der Waals surface area contributed by atoms with Crippen molar-refractivity contribution in [2.45, 2.75) is 51.9 Å². The summed E-state index contributed by atoms with van der Waals surface area (Å²) in [6.45, 7) is 2.51. The second-order valence-electron chi connectivity index (χ2n) is 5.58. The van der Waals surface area contributed by atoms with Crippen molar-refractivity contribution < 1.29 is 19.5 Å². The molecule has 1 rings (SSSR count). The van der Waals surface area contributed by atoms with E-state index in [1.807, 2.05) is 6.92 Å². The van der Waals surface area contributed by atoms with Crippen molar-refractivity contribution in [3.8, 4) is 0 Å². The summed E-state index contributed by atoms with van der Waals surface area (Å²) in [5.74, 6) is -1.31. The van der Waals surface area contributed by atoms with Gasteiger partial charge in [0.2, 0.25) is 11.8 Å². The maximum absolute atomic E-state index is 11.9. The molecule has 0 atom stereocenters. The molecule has 6 nitrogen and oxygen atoms in total. The summed E-state index contributed by atoms with van der Waals surface area (Å²) in [6, 6.07) is 0. The first-order valence-corrected chi connectivity index (χ1v) is 7.23. The van der Waals surface area contributed by atoms with E-state index in [1.165, 1.54) is 0 Å². The molecule has 1 aliphatic carbocycles. The van der Waals surface area contributed by atoms with Crippen LogP contribution in [0.4, 0.5) is 0 Å².